The number of amides is 2. The van der Waals surface area contributed by atoms with Crippen LogP contribution in [0.15, 0.2) is 77.7 Å². The Kier molecular flexibility index (Phi) is 10.7. The summed E-state index contributed by atoms with van der Waals surface area (Å²) in [6.07, 6.45) is 0.695. The van der Waals surface area contributed by atoms with Crippen molar-refractivity contribution in [1.29, 1.82) is 0 Å². The summed E-state index contributed by atoms with van der Waals surface area (Å²) in [4.78, 5) is 28.3. The smallest absolute Gasteiger partial charge is 0.264 e. The van der Waals surface area contributed by atoms with Gasteiger partial charge in [0.2, 0.25) is 11.8 Å². The zero-order valence-electron chi connectivity index (χ0n) is 21.8. The monoisotopic (exact) mass is 609 g/mol. The SMILES string of the molecule is CC[C@H](C)NC(=O)[C@H](C)N(Cc1c(Cl)cccc1Cl)C(=O)CN(c1cccc(Cl)c1)S(=O)(=O)c1ccccc1. The summed E-state index contributed by atoms with van der Waals surface area (Å²) in [7, 11) is -4.18. The van der Waals surface area contributed by atoms with Gasteiger partial charge >= 0.3 is 0 Å². The van der Waals surface area contributed by atoms with Crippen LogP contribution in [0.3, 0.4) is 0 Å². The molecule has 0 saturated heterocycles. The van der Waals surface area contributed by atoms with E-state index in [1.807, 2.05) is 13.8 Å². The molecule has 3 aromatic carbocycles. The lowest BCUT2D eigenvalue weighted by molar-refractivity contribution is -0.139. The molecule has 208 valence electrons. The molecule has 0 spiro atoms. The number of anilines is 1. The number of benzene rings is 3. The molecule has 0 radical (unpaired) electrons. The number of rotatable bonds is 11. The van der Waals surface area contributed by atoms with E-state index in [1.54, 1.807) is 61.5 Å². The molecule has 7 nitrogen and oxygen atoms in total. The topological polar surface area (TPSA) is 86.8 Å². The van der Waals surface area contributed by atoms with Crippen molar-refractivity contribution in [2.75, 3.05) is 10.8 Å². The third-order valence-corrected chi connectivity index (χ3v) is 9.00. The molecule has 0 aliphatic carbocycles. The summed E-state index contributed by atoms with van der Waals surface area (Å²) in [6.45, 7) is 4.66. The first-order chi connectivity index (χ1) is 18.4. The average molecular weight is 611 g/mol. The number of nitrogens with one attached hydrogen (secondary N) is 1. The van der Waals surface area contributed by atoms with Crippen LogP contribution in [-0.2, 0) is 26.2 Å². The minimum Gasteiger partial charge on any atom is -0.352 e. The van der Waals surface area contributed by atoms with E-state index in [0.29, 0.717) is 27.1 Å². The van der Waals surface area contributed by atoms with Crippen molar-refractivity contribution in [2.45, 2.75) is 50.7 Å². The van der Waals surface area contributed by atoms with E-state index in [-0.39, 0.29) is 29.1 Å². The Labute approximate surface area is 244 Å². The van der Waals surface area contributed by atoms with Gasteiger partial charge in [-0.1, -0.05) is 72.1 Å². The minimum absolute atomic E-state index is 0.000959. The van der Waals surface area contributed by atoms with Crippen molar-refractivity contribution >= 4 is 62.3 Å². The van der Waals surface area contributed by atoms with Gasteiger partial charge in [0.05, 0.1) is 10.6 Å². The normalized spacial score (nSPS) is 12.9. The predicted molar refractivity (Wildman–Crippen MR) is 157 cm³/mol. The molecule has 0 bridgehead atoms. The molecule has 1 N–H and O–H groups in total. The molecule has 39 heavy (non-hydrogen) atoms. The van der Waals surface area contributed by atoms with Gasteiger partial charge in [-0.15, -0.1) is 0 Å². The van der Waals surface area contributed by atoms with E-state index in [2.05, 4.69) is 5.32 Å². The van der Waals surface area contributed by atoms with Crippen molar-refractivity contribution < 1.29 is 18.0 Å². The second kappa shape index (κ2) is 13.5. The van der Waals surface area contributed by atoms with Crippen LogP contribution in [0.2, 0.25) is 15.1 Å². The van der Waals surface area contributed by atoms with Gasteiger partial charge in [0, 0.05) is 33.2 Å². The number of hydrogen-bond donors (Lipinski definition) is 1. The molecule has 11 heteroatoms. The quantitative estimate of drug-likeness (QED) is 0.281. The van der Waals surface area contributed by atoms with Gasteiger partial charge in [-0.3, -0.25) is 13.9 Å². The highest BCUT2D eigenvalue weighted by Crippen LogP contribution is 2.29. The van der Waals surface area contributed by atoms with Crippen LogP contribution < -0.4 is 9.62 Å². The molecule has 0 aliphatic rings. The van der Waals surface area contributed by atoms with Gasteiger partial charge < -0.3 is 10.2 Å². The summed E-state index contributed by atoms with van der Waals surface area (Å²) in [5.41, 5.74) is 0.643. The molecule has 3 rings (SSSR count). The van der Waals surface area contributed by atoms with Crippen LogP contribution in [0.5, 0.6) is 0 Å². The molecule has 0 aromatic heterocycles. The van der Waals surface area contributed by atoms with E-state index in [9.17, 15) is 18.0 Å². The highest BCUT2D eigenvalue weighted by atomic mass is 35.5. The van der Waals surface area contributed by atoms with Crippen LogP contribution in [0, 0.1) is 0 Å². The lowest BCUT2D eigenvalue weighted by atomic mass is 10.1. The molecule has 2 atom stereocenters. The second-order valence-electron chi connectivity index (χ2n) is 9.02. The summed E-state index contributed by atoms with van der Waals surface area (Å²) < 4.78 is 28.5. The van der Waals surface area contributed by atoms with Gasteiger partial charge in [-0.2, -0.15) is 0 Å². The highest BCUT2D eigenvalue weighted by molar-refractivity contribution is 7.92. The van der Waals surface area contributed by atoms with Gasteiger partial charge in [0.25, 0.3) is 10.0 Å². The van der Waals surface area contributed by atoms with Crippen LogP contribution in [0.25, 0.3) is 0 Å². The second-order valence-corrected chi connectivity index (χ2v) is 12.1. The van der Waals surface area contributed by atoms with Gasteiger partial charge in [0.1, 0.15) is 12.6 Å². The summed E-state index contributed by atoms with van der Waals surface area (Å²) in [6, 6.07) is 17.8. The third-order valence-electron chi connectivity index (χ3n) is 6.26. The van der Waals surface area contributed by atoms with Gasteiger partial charge in [-0.05, 0) is 62.7 Å². The number of carbonyl (C=O) groups is 2. The molecule has 0 saturated carbocycles. The standard InChI is InChI=1S/C28H30Cl3N3O4S/c1-4-19(2)32-28(36)20(3)33(17-24-25(30)14-9-15-26(24)31)27(35)18-34(22-11-8-10-21(29)16-22)39(37,38)23-12-6-5-7-13-23/h5-16,19-20H,4,17-18H2,1-3H3,(H,32,36)/t19-,20-/m0/s1. The maximum atomic E-state index is 13.9. The molecule has 0 heterocycles. The Hall–Kier alpha value is -2.78. The van der Waals surface area contributed by atoms with Crippen molar-refractivity contribution in [1.82, 2.24) is 10.2 Å². The van der Waals surface area contributed by atoms with Crippen LogP contribution in [0.4, 0.5) is 5.69 Å². The van der Waals surface area contributed by atoms with Crippen molar-refractivity contribution in [3.63, 3.8) is 0 Å². The Bertz CT molecular complexity index is 1400. The van der Waals surface area contributed by atoms with E-state index in [1.165, 1.54) is 23.1 Å². The number of hydrogen-bond acceptors (Lipinski definition) is 4. The van der Waals surface area contributed by atoms with Crippen LogP contribution in [-0.4, -0.2) is 43.8 Å². The fourth-order valence-electron chi connectivity index (χ4n) is 3.78. The van der Waals surface area contributed by atoms with Crippen molar-refractivity contribution in [3.05, 3.63) is 93.4 Å². The Balaban J connectivity index is 2.06. The first-order valence-corrected chi connectivity index (χ1v) is 14.9. The lowest BCUT2D eigenvalue weighted by Crippen LogP contribution is -2.52. The Morgan fingerprint density at radius 2 is 1.51 bits per heavy atom. The first kappa shape index (κ1) is 30.8. The predicted octanol–water partition coefficient (Wildman–Crippen LogP) is 6.17. The molecular formula is C28H30Cl3N3O4S. The summed E-state index contributed by atoms with van der Waals surface area (Å²) >= 11 is 19.0. The number of nitrogens with zero attached hydrogens (tertiary/aromatic N) is 2. The summed E-state index contributed by atoms with van der Waals surface area (Å²) in [5.74, 6) is -1.02. The zero-order chi connectivity index (χ0) is 28.7. The molecule has 0 unspecified atom stereocenters. The Morgan fingerprint density at radius 1 is 0.897 bits per heavy atom. The van der Waals surface area contributed by atoms with Gasteiger partial charge in [-0.25, -0.2) is 8.42 Å². The zero-order valence-corrected chi connectivity index (χ0v) is 24.9. The molecule has 3 aromatic rings. The number of carbonyl (C=O) groups excluding carboxylic acids is 2. The molecule has 0 aliphatic heterocycles. The molecular weight excluding hydrogens is 581 g/mol. The van der Waals surface area contributed by atoms with E-state index in [4.69, 9.17) is 34.8 Å². The van der Waals surface area contributed by atoms with E-state index >= 15 is 0 Å². The lowest BCUT2D eigenvalue weighted by Gasteiger charge is -2.32. The number of sulfonamides is 1. The van der Waals surface area contributed by atoms with Crippen molar-refractivity contribution in [2.24, 2.45) is 0 Å². The Morgan fingerprint density at radius 3 is 2.10 bits per heavy atom. The van der Waals surface area contributed by atoms with Crippen LogP contribution >= 0.6 is 34.8 Å². The third kappa shape index (κ3) is 7.66. The number of halogens is 3. The van der Waals surface area contributed by atoms with Gasteiger partial charge in [0.15, 0.2) is 0 Å². The first-order valence-electron chi connectivity index (χ1n) is 12.3. The maximum Gasteiger partial charge on any atom is 0.264 e. The molecule has 2 amide bonds. The fraction of sp³-hybridized carbons (Fsp3) is 0.286. The molecule has 0 fully saturated rings. The van der Waals surface area contributed by atoms with Crippen LogP contribution in [0.1, 0.15) is 32.8 Å². The average Bonchev–Trinajstić information content (AvgIpc) is 2.91. The maximum absolute atomic E-state index is 13.9. The van der Waals surface area contributed by atoms with E-state index in [0.717, 1.165) is 4.31 Å². The largest absolute Gasteiger partial charge is 0.352 e. The highest BCUT2D eigenvalue weighted by Gasteiger charge is 2.33. The van der Waals surface area contributed by atoms with Crippen molar-refractivity contribution in [3.8, 4) is 0 Å². The van der Waals surface area contributed by atoms with E-state index < -0.39 is 28.5 Å². The fourth-order valence-corrected chi connectivity index (χ4v) is 5.91. The minimum atomic E-state index is -4.18. The summed E-state index contributed by atoms with van der Waals surface area (Å²) in [5, 5.41) is 3.82.